The van der Waals surface area contributed by atoms with Gasteiger partial charge in [0.05, 0.1) is 10.7 Å². The van der Waals surface area contributed by atoms with Crippen LogP contribution in [0.2, 0.25) is 10.2 Å². The summed E-state index contributed by atoms with van der Waals surface area (Å²) < 4.78 is 12.8. The number of nitrogens with zero attached hydrogens (tertiary/aromatic N) is 1. The predicted molar refractivity (Wildman–Crippen MR) is 54.0 cm³/mol. The van der Waals surface area contributed by atoms with E-state index >= 15 is 0 Å². The monoisotopic (exact) mass is 230 g/mol. The van der Waals surface area contributed by atoms with Crippen molar-refractivity contribution in [2.24, 2.45) is 0 Å². The molecule has 1 aromatic carbocycles. The van der Waals surface area contributed by atoms with Gasteiger partial charge in [0.15, 0.2) is 0 Å². The van der Waals surface area contributed by atoms with Crippen molar-refractivity contribution >= 4 is 23.2 Å². The number of rotatable bonds is 1. The molecule has 0 aliphatic heterocycles. The Bertz CT molecular complexity index is 468. The van der Waals surface area contributed by atoms with Gasteiger partial charge in [0.2, 0.25) is 0 Å². The zero-order valence-corrected chi connectivity index (χ0v) is 8.40. The second-order valence-electron chi connectivity index (χ2n) is 2.73. The molecule has 0 unspecified atom stereocenters. The number of nitrogens with one attached hydrogen (secondary N) is 1. The molecule has 5 heteroatoms. The minimum absolute atomic E-state index is 0.0709. The first kappa shape index (κ1) is 9.49. The summed E-state index contributed by atoms with van der Waals surface area (Å²) >= 11 is 11.3. The lowest BCUT2D eigenvalue weighted by Gasteiger charge is -1.97. The van der Waals surface area contributed by atoms with Crippen molar-refractivity contribution in [3.05, 3.63) is 40.3 Å². The van der Waals surface area contributed by atoms with E-state index in [1.807, 2.05) is 0 Å². The van der Waals surface area contributed by atoms with Gasteiger partial charge in [-0.25, -0.2) is 4.39 Å². The number of aromatic amines is 1. The highest BCUT2D eigenvalue weighted by Crippen LogP contribution is 2.24. The fraction of sp³-hybridized carbons (Fsp3) is 0. The lowest BCUT2D eigenvalue weighted by molar-refractivity contribution is 0.628. The van der Waals surface area contributed by atoms with E-state index in [-0.39, 0.29) is 5.02 Å². The van der Waals surface area contributed by atoms with Gasteiger partial charge in [-0.3, -0.25) is 5.10 Å². The Kier molecular flexibility index (Phi) is 2.44. The van der Waals surface area contributed by atoms with E-state index in [2.05, 4.69) is 10.2 Å². The molecular weight excluding hydrogens is 226 g/mol. The third-order valence-electron chi connectivity index (χ3n) is 1.76. The molecule has 1 aromatic heterocycles. The molecule has 2 nitrogen and oxygen atoms in total. The van der Waals surface area contributed by atoms with Gasteiger partial charge in [-0.2, -0.15) is 5.10 Å². The van der Waals surface area contributed by atoms with E-state index in [9.17, 15) is 4.39 Å². The van der Waals surface area contributed by atoms with Crippen LogP contribution in [0.3, 0.4) is 0 Å². The smallest absolute Gasteiger partial charge is 0.141 e. The first-order valence-corrected chi connectivity index (χ1v) is 4.59. The highest BCUT2D eigenvalue weighted by molar-refractivity contribution is 6.31. The van der Waals surface area contributed by atoms with Gasteiger partial charge in [0.25, 0.3) is 0 Å². The Balaban J connectivity index is 2.47. The number of H-pyrrole nitrogens is 1. The van der Waals surface area contributed by atoms with Crippen molar-refractivity contribution in [1.82, 2.24) is 10.2 Å². The van der Waals surface area contributed by atoms with Gasteiger partial charge in [0.1, 0.15) is 11.0 Å². The zero-order valence-electron chi connectivity index (χ0n) is 6.89. The summed E-state index contributed by atoms with van der Waals surface area (Å²) in [4.78, 5) is 0. The Morgan fingerprint density at radius 3 is 2.57 bits per heavy atom. The normalized spacial score (nSPS) is 10.5. The Morgan fingerprint density at radius 2 is 2.00 bits per heavy atom. The van der Waals surface area contributed by atoms with E-state index in [1.54, 1.807) is 12.1 Å². The number of aromatic nitrogens is 2. The molecule has 14 heavy (non-hydrogen) atoms. The molecule has 0 aliphatic rings. The van der Waals surface area contributed by atoms with Crippen LogP contribution in [-0.2, 0) is 0 Å². The summed E-state index contributed by atoms with van der Waals surface area (Å²) in [5.74, 6) is -0.447. The third kappa shape index (κ3) is 1.74. The van der Waals surface area contributed by atoms with Crippen LogP contribution >= 0.6 is 23.2 Å². The second-order valence-corrected chi connectivity index (χ2v) is 3.54. The summed E-state index contributed by atoms with van der Waals surface area (Å²) in [6.45, 7) is 0. The minimum Gasteiger partial charge on any atom is -0.267 e. The fourth-order valence-electron chi connectivity index (χ4n) is 1.10. The topological polar surface area (TPSA) is 28.7 Å². The fourth-order valence-corrected chi connectivity index (χ4v) is 1.43. The highest BCUT2D eigenvalue weighted by atomic mass is 35.5. The largest absolute Gasteiger partial charge is 0.267 e. The molecule has 0 saturated heterocycles. The molecule has 0 fully saturated rings. The van der Waals surface area contributed by atoms with Crippen molar-refractivity contribution in [1.29, 1.82) is 0 Å². The first-order valence-electron chi connectivity index (χ1n) is 3.83. The molecule has 2 aromatic rings. The molecular formula is C9H5Cl2FN2. The molecule has 2 rings (SSSR count). The SMILES string of the molecule is Fc1ccc(-c2cc(Cl)[nH]n2)cc1Cl. The maximum Gasteiger partial charge on any atom is 0.141 e. The van der Waals surface area contributed by atoms with Gasteiger partial charge in [-0.1, -0.05) is 23.2 Å². The molecule has 1 heterocycles. The maximum absolute atomic E-state index is 12.8. The molecule has 0 spiro atoms. The molecule has 0 saturated carbocycles. The summed E-state index contributed by atoms with van der Waals surface area (Å²) in [6.07, 6.45) is 0. The van der Waals surface area contributed by atoms with Crippen LogP contribution in [0, 0.1) is 5.82 Å². The van der Waals surface area contributed by atoms with E-state index < -0.39 is 5.82 Å². The van der Waals surface area contributed by atoms with Gasteiger partial charge < -0.3 is 0 Å². The number of halogens is 3. The number of hydrogen-bond donors (Lipinski definition) is 1. The van der Waals surface area contributed by atoms with E-state index in [1.165, 1.54) is 12.1 Å². The van der Waals surface area contributed by atoms with Gasteiger partial charge >= 0.3 is 0 Å². The molecule has 1 N–H and O–H groups in total. The average Bonchev–Trinajstić information content (AvgIpc) is 2.57. The van der Waals surface area contributed by atoms with Crippen molar-refractivity contribution in [3.8, 4) is 11.3 Å². The predicted octanol–water partition coefficient (Wildman–Crippen LogP) is 3.52. The van der Waals surface area contributed by atoms with Gasteiger partial charge in [0, 0.05) is 11.6 Å². The van der Waals surface area contributed by atoms with Gasteiger partial charge in [-0.15, -0.1) is 0 Å². The lowest BCUT2D eigenvalue weighted by atomic mass is 10.1. The summed E-state index contributed by atoms with van der Waals surface area (Å²) in [5.41, 5.74) is 1.36. The quantitative estimate of drug-likeness (QED) is 0.798. The average molecular weight is 231 g/mol. The van der Waals surface area contributed by atoms with Crippen LogP contribution in [0.1, 0.15) is 0 Å². The first-order chi connectivity index (χ1) is 6.66. The summed E-state index contributed by atoms with van der Waals surface area (Å²) in [6, 6.07) is 6.03. The third-order valence-corrected chi connectivity index (χ3v) is 2.25. The zero-order chi connectivity index (χ0) is 10.1. The second kappa shape index (κ2) is 3.59. The highest BCUT2D eigenvalue weighted by Gasteiger charge is 2.05. The Labute approximate surface area is 89.7 Å². The standard InChI is InChI=1S/C9H5Cl2FN2/c10-6-3-5(1-2-7(6)12)8-4-9(11)14-13-8/h1-4H,(H,13,14). The number of benzene rings is 1. The number of hydrogen-bond acceptors (Lipinski definition) is 1. The van der Waals surface area contributed by atoms with Crippen molar-refractivity contribution in [2.75, 3.05) is 0 Å². The van der Waals surface area contributed by atoms with E-state index in [4.69, 9.17) is 23.2 Å². The lowest BCUT2D eigenvalue weighted by Crippen LogP contribution is -1.81. The van der Waals surface area contributed by atoms with E-state index in [0.717, 1.165) is 5.56 Å². The molecule has 72 valence electrons. The Hall–Kier alpha value is -1.06. The Morgan fingerprint density at radius 1 is 1.21 bits per heavy atom. The molecule has 0 aliphatic carbocycles. The minimum atomic E-state index is -0.447. The van der Waals surface area contributed by atoms with Crippen LogP contribution in [0.15, 0.2) is 24.3 Å². The molecule has 0 radical (unpaired) electrons. The summed E-state index contributed by atoms with van der Waals surface area (Å²) in [5, 5.41) is 7.00. The summed E-state index contributed by atoms with van der Waals surface area (Å²) in [7, 11) is 0. The van der Waals surface area contributed by atoms with Crippen molar-refractivity contribution in [2.45, 2.75) is 0 Å². The molecule has 0 amide bonds. The molecule has 0 bridgehead atoms. The van der Waals surface area contributed by atoms with Crippen LogP contribution in [0.25, 0.3) is 11.3 Å². The molecule has 0 atom stereocenters. The van der Waals surface area contributed by atoms with Crippen molar-refractivity contribution in [3.63, 3.8) is 0 Å². The van der Waals surface area contributed by atoms with Crippen LogP contribution in [0.5, 0.6) is 0 Å². The van der Waals surface area contributed by atoms with Crippen molar-refractivity contribution < 1.29 is 4.39 Å². The van der Waals surface area contributed by atoms with Crippen LogP contribution < -0.4 is 0 Å². The van der Waals surface area contributed by atoms with Gasteiger partial charge in [-0.05, 0) is 18.2 Å². The van der Waals surface area contributed by atoms with E-state index in [0.29, 0.717) is 10.8 Å². The van der Waals surface area contributed by atoms with Crippen LogP contribution in [-0.4, -0.2) is 10.2 Å². The maximum atomic E-state index is 12.8. The van der Waals surface area contributed by atoms with Crippen LogP contribution in [0.4, 0.5) is 4.39 Å².